The van der Waals surface area contributed by atoms with Crippen molar-refractivity contribution in [1.29, 1.82) is 0 Å². The monoisotopic (exact) mass is 249 g/mol. The first-order valence-electron chi connectivity index (χ1n) is 6.32. The van der Waals surface area contributed by atoms with E-state index in [1.54, 1.807) is 12.3 Å². The van der Waals surface area contributed by atoms with Crippen molar-refractivity contribution in [3.8, 4) is 5.75 Å². The summed E-state index contributed by atoms with van der Waals surface area (Å²) in [7, 11) is 0. The molecule has 1 heterocycles. The van der Waals surface area contributed by atoms with E-state index in [2.05, 4.69) is 17.1 Å². The van der Waals surface area contributed by atoms with Crippen molar-refractivity contribution >= 4 is 5.84 Å². The topological polar surface area (TPSA) is 80.7 Å². The maximum Gasteiger partial charge on any atom is 0.192 e. The van der Waals surface area contributed by atoms with E-state index in [1.165, 1.54) is 19.3 Å². The summed E-state index contributed by atoms with van der Waals surface area (Å²) in [4.78, 5) is 4.10. The number of aromatic nitrogens is 1. The number of rotatable bonds is 3. The SMILES string of the molecule is CC1CCCCC1Oc1cccnc1/C(N)=N/O. The number of pyridine rings is 1. The van der Waals surface area contributed by atoms with Crippen LogP contribution in [0.5, 0.6) is 5.75 Å². The molecule has 2 rings (SSSR count). The molecule has 1 aliphatic rings. The van der Waals surface area contributed by atoms with Crippen LogP contribution in [-0.4, -0.2) is 22.1 Å². The minimum Gasteiger partial charge on any atom is -0.488 e. The molecule has 2 unspecified atom stereocenters. The van der Waals surface area contributed by atoms with Crippen molar-refractivity contribution in [2.24, 2.45) is 16.8 Å². The predicted molar refractivity (Wildman–Crippen MR) is 68.8 cm³/mol. The maximum absolute atomic E-state index is 8.74. The summed E-state index contributed by atoms with van der Waals surface area (Å²) in [6, 6.07) is 3.60. The lowest BCUT2D eigenvalue weighted by atomic mass is 9.88. The number of nitrogens with two attached hydrogens (primary N) is 1. The van der Waals surface area contributed by atoms with Gasteiger partial charge in [0.15, 0.2) is 11.5 Å². The van der Waals surface area contributed by atoms with Crippen LogP contribution in [0.4, 0.5) is 0 Å². The number of nitrogens with zero attached hydrogens (tertiary/aromatic N) is 2. The van der Waals surface area contributed by atoms with Crippen LogP contribution in [0.2, 0.25) is 0 Å². The highest BCUT2D eigenvalue weighted by Gasteiger charge is 2.24. The average molecular weight is 249 g/mol. The van der Waals surface area contributed by atoms with Gasteiger partial charge in [0.2, 0.25) is 0 Å². The highest BCUT2D eigenvalue weighted by Crippen LogP contribution is 2.28. The van der Waals surface area contributed by atoms with Crippen molar-refractivity contribution in [1.82, 2.24) is 4.98 Å². The summed E-state index contributed by atoms with van der Waals surface area (Å²) >= 11 is 0. The van der Waals surface area contributed by atoms with Gasteiger partial charge in [-0.05, 0) is 37.3 Å². The fourth-order valence-corrected chi connectivity index (χ4v) is 2.35. The first-order chi connectivity index (χ1) is 8.72. The van der Waals surface area contributed by atoms with Crippen LogP contribution >= 0.6 is 0 Å². The van der Waals surface area contributed by atoms with E-state index in [-0.39, 0.29) is 11.9 Å². The van der Waals surface area contributed by atoms with E-state index in [0.29, 0.717) is 17.4 Å². The summed E-state index contributed by atoms with van der Waals surface area (Å²) in [5.41, 5.74) is 5.99. The molecule has 0 aromatic carbocycles. The van der Waals surface area contributed by atoms with Crippen molar-refractivity contribution < 1.29 is 9.94 Å². The molecule has 0 bridgehead atoms. The van der Waals surface area contributed by atoms with Gasteiger partial charge in [-0.2, -0.15) is 0 Å². The van der Waals surface area contributed by atoms with E-state index in [1.807, 2.05) is 6.07 Å². The molecule has 0 amide bonds. The lowest BCUT2D eigenvalue weighted by Gasteiger charge is -2.29. The Morgan fingerprint density at radius 1 is 1.50 bits per heavy atom. The third-order valence-electron chi connectivity index (χ3n) is 3.43. The summed E-state index contributed by atoms with van der Waals surface area (Å²) in [5, 5.41) is 11.7. The van der Waals surface area contributed by atoms with Crippen LogP contribution < -0.4 is 10.5 Å². The largest absolute Gasteiger partial charge is 0.488 e. The molecule has 1 aromatic rings. The number of amidine groups is 1. The fourth-order valence-electron chi connectivity index (χ4n) is 2.35. The quantitative estimate of drug-likeness (QED) is 0.372. The van der Waals surface area contributed by atoms with Gasteiger partial charge in [0.25, 0.3) is 0 Å². The Balaban J connectivity index is 2.18. The minimum atomic E-state index is -0.0194. The van der Waals surface area contributed by atoms with Gasteiger partial charge in [-0.3, -0.25) is 0 Å². The summed E-state index contributed by atoms with van der Waals surface area (Å²) in [5.74, 6) is 1.10. The van der Waals surface area contributed by atoms with Crippen LogP contribution in [0.25, 0.3) is 0 Å². The smallest absolute Gasteiger partial charge is 0.192 e. The molecule has 0 spiro atoms. The Bertz CT molecular complexity index is 434. The molecule has 5 heteroatoms. The predicted octanol–water partition coefficient (Wildman–Crippen LogP) is 2.13. The molecule has 1 aliphatic carbocycles. The van der Waals surface area contributed by atoms with Crippen LogP contribution in [0, 0.1) is 5.92 Å². The molecule has 0 saturated heterocycles. The van der Waals surface area contributed by atoms with E-state index < -0.39 is 0 Å². The summed E-state index contributed by atoms with van der Waals surface area (Å²) < 4.78 is 5.99. The van der Waals surface area contributed by atoms with Gasteiger partial charge in [-0.25, -0.2) is 4.98 Å². The molecule has 2 atom stereocenters. The van der Waals surface area contributed by atoms with Gasteiger partial charge in [-0.15, -0.1) is 0 Å². The van der Waals surface area contributed by atoms with Gasteiger partial charge in [0.1, 0.15) is 11.9 Å². The highest BCUT2D eigenvalue weighted by atomic mass is 16.5. The summed E-state index contributed by atoms with van der Waals surface area (Å²) in [6.07, 6.45) is 6.48. The van der Waals surface area contributed by atoms with E-state index >= 15 is 0 Å². The molecule has 5 nitrogen and oxygen atoms in total. The van der Waals surface area contributed by atoms with Gasteiger partial charge in [-0.1, -0.05) is 18.5 Å². The first kappa shape index (κ1) is 12.7. The lowest BCUT2D eigenvalue weighted by molar-refractivity contribution is 0.102. The normalized spacial score (nSPS) is 24.8. The van der Waals surface area contributed by atoms with Crippen molar-refractivity contribution in [2.75, 3.05) is 0 Å². The standard InChI is InChI=1S/C13H19N3O2/c1-9-5-2-3-6-10(9)18-11-7-4-8-15-12(11)13(14)16-17/h4,7-10,17H,2-3,5-6H2,1H3,(H2,14,16). The van der Waals surface area contributed by atoms with E-state index in [9.17, 15) is 0 Å². The number of hydrogen-bond acceptors (Lipinski definition) is 4. The highest BCUT2D eigenvalue weighted by molar-refractivity contribution is 5.97. The maximum atomic E-state index is 8.74. The third kappa shape index (κ3) is 2.72. The van der Waals surface area contributed by atoms with Crippen molar-refractivity contribution in [3.05, 3.63) is 24.0 Å². The van der Waals surface area contributed by atoms with Gasteiger partial charge in [0, 0.05) is 6.20 Å². The molecule has 18 heavy (non-hydrogen) atoms. The third-order valence-corrected chi connectivity index (χ3v) is 3.43. The molecule has 1 aromatic heterocycles. The Labute approximate surface area is 107 Å². The zero-order valence-electron chi connectivity index (χ0n) is 10.5. The Morgan fingerprint density at radius 2 is 2.28 bits per heavy atom. The van der Waals surface area contributed by atoms with Gasteiger partial charge >= 0.3 is 0 Å². The molecular weight excluding hydrogens is 230 g/mol. The molecular formula is C13H19N3O2. The second-order valence-electron chi connectivity index (χ2n) is 4.75. The van der Waals surface area contributed by atoms with Crippen LogP contribution in [0.15, 0.2) is 23.5 Å². The second-order valence-corrected chi connectivity index (χ2v) is 4.75. The molecule has 0 aliphatic heterocycles. The zero-order valence-corrected chi connectivity index (χ0v) is 10.5. The average Bonchev–Trinajstić information content (AvgIpc) is 2.41. The molecule has 1 fully saturated rings. The van der Waals surface area contributed by atoms with Crippen LogP contribution in [-0.2, 0) is 0 Å². The Morgan fingerprint density at radius 3 is 3.00 bits per heavy atom. The number of hydrogen-bond donors (Lipinski definition) is 2. The number of ether oxygens (including phenoxy) is 1. The van der Waals surface area contributed by atoms with Gasteiger partial charge in [0.05, 0.1) is 0 Å². The van der Waals surface area contributed by atoms with E-state index in [0.717, 1.165) is 6.42 Å². The van der Waals surface area contributed by atoms with Crippen LogP contribution in [0.1, 0.15) is 38.3 Å². The molecule has 1 saturated carbocycles. The molecule has 3 N–H and O–H groups in total. The zero-order chi connectivity index (χ0) is 13.0. The Hall–Kier alpha value is -1.78. The van der Waals surface area contributed by atoms with Crippen molar-refractivity contribution in [2.45, 2.75) is 38.7 Å². The van der Waals surface area contributed by atoms with Crippen molar-refractivity contribution in [3.63, 3.8) is 0 Å². The Kier molecular flexibility index (Phi) is 4.02. The summed E-state index contributed by atoms with van der Waals surface area (Å²) in [6.45, 7) is 2.20. The minimum absolute atomic E-state index is 0.0194. The second kappa shape index (κ2) is 5.71. The lowest BCUT2D eigenvalue weighted by Crippen LogP contribution is -2.29. The number of oxime groups is 1. The molecule has 0 radical (unpaired) electrons. The van der Waals surface area contributed by atoms with Gasteiger partial charge < -0.3 is 15.7 Å². The molecule has 98 valence electrons. The van der Waals surface area contributed by atoms with Crippen LogP contribution in [0.3, 0.4) is 0 Å². The fraction of sp³-hybridized carbons (Fsp3) is 0.538. The van der Waals surface area contributed by atoms with E-state index in [4.69, 9.17) is 15.7 Å². The first-order valence-corrected chi connectivity index (χ1v) is 6.32.